The minimum atomic E-state index is -0.895. The molecule has 0 amide bonds. The molecule has 19 heavy (non-hydrogen) atoms. The number of ether oxygens (including phenoxy) is 3. The van der Waals surface area contributed by atoms with Crippen molar-refractivity contribution in [2.24, 2.45) is 0 Å². The van der Waals surface area contributed by atoms with Gasteiger partial charge >= 0.3 is 29.6 Å². The number of hydrogen-bond donors (Lipinski definition) is 1. The largest absolute Gasteiger partial charge is 1.00 e. The summed E-state index contributed by atoms with van der Waals surface area (Å²) in [6, 6.07) is 1.10. The van der Waals surface area contributed by atoms with Gasteiger partial charge in [0.15, 0.2) is 23.1 Å². The smallest absolute Gasteiger partial charge is 0.526 e. The number of methoxy groups -OCH3 is 2. The molecule has 1 N–H and O–H groups in total. The second-order valence-corrected chi connectivity index (χ2v) is 3.22. The van der Waals surface area contributed by atoms with Gasteiger partial charge in [0, 0.05) is 6.07 Å². The molecule has 0 aliphatic heterocycles. The van der Waals surface area contributed by atoms with E-state index in [1.54, 1.807) is 0 Å². The predicted octanol–water partition coefficient (Wildman–Crippen LogP) is -0.531. The molecule has 0 radical (unpaired) electrons. The molecule has 0 saturated heterocycles. The molecule has 0 heterocycles. The summed E-state index contributed by atoms with van der Waals surface area (Å²) in [7, 11) is 2.50. The molecule has 7 heteroatoms. The average Bonchev–Trinajstić information content (AvgIpc) is 2.38. The number of rotatable bonds is 6. The van der Waals surface area contributed by atoms with E-state index in [0.29, 0.717) is 0 Å². The van der Waals surface area contributed by atoms with Gasteiger partial charge in [-0.1, -0.05) is 6.21 Å². The van der Waals surface area contributed by atoms with Gasteiger partial charge in [0.2, 0.25) is 0 Å². The molecule has 98 valence electrons. The Morgan fingerprint density at radius 3 is 2.11 bits per heavy atom. The number of hydrogen-bond acceptors (Lipinski definition) is 4. The average molecular weight is 279 g/mol. The molecule has 4 nitrogen and oxygen atoms in total. The van der Waals surface area contributed by atoms with Crippen molar-refractivity contribution in [1.82, 2.24) is 0 Å². The van der Waals surface area contributed by atoms with E-state index in [1.165, 1.54) is 14.2 Å². The van der Waals surface area contributed by atoms with E-state index >= 15 is 0 Å². The van der Waals surface area contributed by atoms with Crippen LogP contribution in [0.1, 0.15) is 5.56 Å². The Labute approximate surface area is 132 Å². The molecule has 0 atom stereocenters. The fraction of sp³-hybridized carbons (Fsp3) is 0.250. The Morgan fingerprint density at radius 2 is 1.74 bits per heavy atom. The summed E-state index contributed by atoms with van der Waals surface area (Å²) in [6.45, 7) is 4.74. The van der Waals surface area contributed by atoms with Crippen LogP contribution in [0.15, 0.2) is 11.8 Å². The molecule has 0 fully saturated rings. The van der Waals surface area contributed by atoms with Gasteiger partial charge in [-0.2, -0.15) is 0 Å². The maximum Gasteiger partial charge on any atom is 1.00 e. The van der Waals surface area contributed by atoms with Crippen molar-refractivity contribution in [1.29, 1.82) is 5.41 Å². The van der Waals surface area contributed by atoms with Crippen LogP contribution >= 0.6 is 0 Å². The molecule has 0 spiro atoms. The van der Waals surface area contributed by atoms with E-state index in [1.807, 2.05) is 0 Å². The molecule has 1 aromatic rings. The maximum atomic E-state index is 13.8. The van der Waals surface area contributed by atoms with Crippen molar-refractivity contribution >= 4 is 6.21 Å². The SMILES string of the molecule is [CH-]=C(C=N)OCc1c(F)c(OC)cc(OC)c1F.[Na+]. The summed E-state index contributed by atoms with van der Waals surface area (Å²) in [5.41, 5.74) is -0.379. The van der Waals surface area contributed by atoms with Crippen LogP contribution in [0.2, 0.25) is 0 Å². The Balaban J connectivity index is 0.00000324. The number of nitrogens with one attached hydrogen (secondary N) is 1. The molecule has 0 saturated carbocycles. The van der Waals surface area contributed by atoms with Crippen molar-refractivity contribution in [2.45, 2.75) is 6.61 Å². The van der Waals surface area contributed by atoms with Gasteiger partial charge in [-0.15, -0.1) is 0 Å². The first-order valence-corrected chi connectivity index (χ1v) is 4.89. The van der Waals surface area contributed by atoms with Crippen LogP contribution in [0.5, 0.6) is 11.5 Å². The van der Waals surface area contributed by atoms with Gasteiger partial charge in [-0.05, 0) is 5.76 Å². The Morgan fingerprint density at radius 1 is 1.26 bits per heavy atom. The van der Waals surface area contributed by atoms with Crippen molar-refractivity contribution in [3.05, 3.63) is 35.6 Å². The van der Waals surface area contributed by atoms with E-state index in [2.05, 4.69) is 0 Å². The van der Waals surface area contributed by atoms with Crippen LogP contribution in [0, 0.1) is 23.6 Å². The summed E-state index contributed by atoms with van der Waals surface area (Å²) in [5, 5.41) is 6.79. The number of benzene rings is 1. The van der Waals surface area contributed by atoms with Crippen LogP contribution < -0.4 is 39.0 Å². The first-order chi connectivity index (χ1) is 8.54. The first kappa shape index (κ1) is 17.9. The van der Waals surface area contributed by atoms with Crippen LogP contribution in [-0.4, -0.2) is 20.4 Å². The van der Waals surface area contributed by atoms with Crippen molar-refractivity contribution in [3.63, 3.8) is 0 Å². The van der Waals surface area contributed by atoms with E-state index in [0.717, 1.165) is 12.3 Å². The number of allylic oxidation sites excluding steroid dienone is 1. The Bertz CT molecular complexity index is 452. The fourth-order valence-corrected chi connectivity index (χ4v) is 1.26. The molecule has 1 aromatic carbocycles. The summed E-state index contributed by atoms with van der Waals surface area (Å²) in [5.74, 6) is -2.38. The molecular weight excluding hydrogens is 267 g/mol. The number of halogens is 2. The van der Waals surface area contributed by atoms with Crippen molar-refractivity contribution in [3.8, 4) is 11.5 Å². The van der Waals surface area contributed by atoms with Gasteiger partial charge in [-0.3, -0.25) is 0 Å². The van der Waals surface area contributed by atoms with E-state index in [4.69, 9.17) is 26.2 Å². The van der Waals surface area contributed by atoms with E-state index in [-0.39, 0.29) is 52.4 Å². The zero-order valence-electron chi connectivity index (χ0n) is 10.9. The summed E-state index contributed by atoms with van der Waals surface area (Å²) in [6.07, 6.45) is 0.729. The Hall–Kier alpha value is -1.11. The Kier molecular flexibility index (Phi) is 7.66. The van der Waals surface area contributed by atoms with E-state index in [9.17, 15) is 8.78 Å². The quantitative estimate of drug-likeness (QED) is 0.330. The van der Waals surface area contributed by atoms with Crippen molar-refractivity contribution in [2.75, 3.05) is 14.2 Å². The van der Waals surface area contributed by atoms with Crippen LogP contribution in [0.4, 0.5) is 8.78 Å². The molecule has 0 unspecified atom stereocenters. The van der Waals surface area contributed by atoms with E-state index < -0.39 is 18.2 Å². The molecular formula is C12H12F2NNaO3. The zero-order chi connectivity index (χ0) is 13.7. The first-order valence-electron chi connectivity index (χ1n) is 4.89. The third-order valence-corrected chi connectivity index (χ3v) is 2.19. The second kappa shape index (κ2) is 8.14. The maximum absolute atomic E-state index is 13.8. The molecule has 0 aromatic heterocycles. The van der Waals surface area contributed by atoms with Gasteiger partial charge in [0.05, 0.1) is 19.8 Å². The molecule has 0 bridgehead atoms. The third-order valence-electron chi connectivity index (χ3n) is 2.19. The topological polar surface area (TPSA) is 51.5 Å². The van der Waals surface area contributed by atoms with Crippen LogP contribution in [-0.2, 0) is 11.3 Å². The minimum absolute atomic E-state index is 0. The van der Waals surface area contributed by atoms with Gasteiger partial charge in [0.1, 0.15) is 6.61 Å². The van der Waals surface area contributed by atoms with Crippen LogP contribution in [0.25, 0.3) is 0 Å². The summed E-state index contributed by atoms with van der Waals surface area (Å²) < 4.78 is 41.9. The molecule has 0 aliphatic rings. The predicted molar refractivity (Wildman–Crippen MR) is 60.8 cm³/mol. The van der Waals surface area contributed by atoms with Gasteiger partial charge in [0.25, 0.3) is 0 Å². The summed E-state index contributed by atoms with van der Waals surface area (Å²) in [4.78, 5) is 0. The monoisotopic (exact) mass is 279 g/mol. The minimum Gasteiger partial charge on any atom is -0.526 e. The fourth-order valence-electron chi connectivity index (χ4n) is 1.26. The molecule has 1 rings (SSSR count). The third kappa shape index (κ3) is 4.19. The van der Waals surface area contributed by atoms with Gasteiger partial charge in [-0.25, -0.2) is 15.4 Å². The normalized spacial score (nSPS) is 9.26. The van der Waals surface area contributed by atoms with Crippen molar-refractivity contribution < 1.29 is 52.5 Å². The van der Waals surface area contributed by atoms with Gasteiger partial charge < -0.3 is 19.6 Å². The zero-order valence-corrected chi connectivity index (χ0v) is 12.9. The summed E-state index contributed by atoms with van der Waals surface area (Å²) >= 11 is 0. The second-order valence-electron chi connectivity index (χ2n) is 3.22. The molecule has 0 aliphatic carbocycles. The standard InChI is InChI=1S/C12H12F2NO3.Na/c1-7(5-15)18-6-8-11(13)9(16-2)4-10(17-3)12(8)14;/h1,4-5,15H,6H2,2-3H3;/q-1;+1. The van der Waals surface area contributed by atoms with Crippen LogP contribution in [0.3, 0.4) is 0 Å².